The monoisotopic (exact) mass is 258 g/mol. The number of halogens is 1. The lowest BCUT2D eigenvalue weighted by Crippen LogP contribution is -2.24. The summed E-state index contributed by atoms with van der Waals surface area (Å²) in [6.45, 7) is 3.09. The van der Waals surface area contributed by atoms with Crippen LogP contribution in [0.2, 0.25) is 0 Å². The lowest BCUT2D eigenvalue weighted by molar-refractivity contribution is 0.527. The molecule has 1 N–H and O–H groups in total. The highest BCUT2D eigenvalue weighted by atomic mass is 19.1. The third-order valence-corrected chi connectivity index (χ3v) is 3.10. The molecule has 0 saturated heterocycles. The molecule has 0 amide bonds. The third-order valence-electron chi connectivity index (χ3n) is 3.10. The third kappa shape index (κ3) is 4.14. The summed E-state index contributed by atoms with van der Waals surface area (Å²) in [6.07, 6.45) is 5.57. The van der Waals surface area contributed by atoms with Gasteiger partial charge in [0.05, 0.1) is 0 Å². The predicted octanol–water partition coefficient (Wildman–Crippen LogP) is 3.50. The van der Waals surface area contributed by atoms with Crippen molar-refractivity contribution in [3.8, 4) is 0 Å². The first-order valence-electron chi connectivity index (χ1n) is 6.67. The largest absolute Gasteiger partial charge is 0.310 e. The van der Waals surface area contributed by atoms with Gasteiger partial charge in [-0.15, -0.1) is 0 Å². The van der Waals surface area contributed by atoms with E-state index < -0.39 is 0 Å². The van der Waals surface area contributed by atoms with Gasteiger partial charge < -0.3 is 5.32 Å². The Morgan fingerprint density at radius 2 is 1.79 bits per heavy atom. The maximum absolute atomic E-state index is 13.0. The van der Waals surface area contributed by atoms with Crippen LogP contribution in [-0.2, 0) is 6.42 Å². The molecule has 1 atom stereocenters. The molecule has 1 unspecified atom stereocenters. The fraction of sp³-hybridized carbons (Fsp3) is 0.312. The molecular formula is C16H19FN2. The van der Waals surface area contributed by atoms with E-state index in [0.717, 1.165) is 24.9 Å². The number of nitrogens with one attached hydrogen (secondary N) is 1. The number of benzene rings is 1. The molecule has 1 heterocycles. The van der Waals surface area contributed by atoms with Crippen LogP contribution in [0.3, 0.4) is 0 Å². The SMILES string of the molecule is CCCNC(Cc1ccncc1)c1ccc(F)cc1. The van der Waals surface area contributed by atoms with E-state index in [1.54, 1.807) is 12.4 Å². The van der Waals surface area contributed by atoms with Gasteiger partial charge in [-0.2, -0.15) is 0 Å². The second kappa shape index (κ2) is 7.00. The molecule has 0 aliphatic rings. The van der Waals surface area contributed by atoms with Crippen molar-refractivity contribution in [1.82, 2.24) is 10.3 Å². The lowest BCUT2D eigenvalue weighted by Gasteiger charge is -2.19. The molecule has 2 rings (SSSR count). The van der Waals surface area contributed by atoms with Crippen molar-refractivity contribution in [2.24, 2.45) is 0 Å². The zero-order valence-electron chi connectivity index (χ0n) is 11.1. The minimum absolute atomic E-state index is 0.193. The summed E-state index contributed by atoms with van der Waals surface area (Å²) in [4.78, 5) is 4.03. The molecule has 19 heavy (non-hydrogen) atoms. The van der Waals surface area contributed by atoms with Crippen LogP contribution in [0.1, 0.15) is 30.5 Å². The molecule has 0 aliphatic heterocycles. The summed E-state index contributed by atoms with van der Waals surface area (Å²) in [5, 5.41) is 3.51. The number of hydrogen-bond donors (Lipinski definition) is 1. The predicted molar refractivity (Wildman–Crippen MR) is 75.4 cm³/mol. The molecule has 2 nitrogen and oxygen atoms in total. The quantitative estimate of drug-likeness (QED) is 0.857. The summed E-state index contributed by atoms with van der Waals surface area (Å²) < 4.78 is 13.0. The second-order valence-corrected chi connectivity index (χ2v) is 4.62. The van der Waals surface area contributed by atoms with Crippen LogP contribution < -0.4 is 5.32 Å². The topological polar surface area (TPSA) is 24.9 Å². The smallest absolute Gasteiger partial charge is 0.123 e. The van der Waals surface area contributed by atoms with Crippen molar-refractivity contribution < 1.29 is 4.39 Å². The Balaban J connectivity index is 2.13. The lowest BCUT2D eigenvalue weighted by atomic mass is 9.99. The summed E-state index contributed by atoms with van der Waals surface area (Å²) in [7, 11) is 0. The molecule has 3 heteroatoms. The van der Waals surface area contributed by atoms with E-state index >= 15 is 0 Å². The second-order valence-electron chi connectivity index (χ2n) is 4.62. The van der Waals surface area contributed by atoms with E-state index in [1.807, 2.05) is 24.3 Å². The van der Waals surface area contributed by atoms with E-state index in [2.05, 4.69) is 17.2 Å². The summed E-state index contributed by atoms with van der Waals surface area (Å²) in [5.41, 5.74) is 2.35. The molecular weight excluding hydrogens is 239 g/mol. The number of aromatic nitrogens is 1. The van der Waals surface area contributed by atoms with Gasteiger partial charge >= 0.3 is 0 Å². The van der Waals surface area contributed by atoms with E-state index in [0.29, 0.717) is 0 Å². The Hall–Kier alpha value is -1.74. The van der Waals surface area contributed by atoms with Gasteiger partial charge in [0, 0.05) is 18.4 Å². The van der Waals surface area contributed by atoms with Gasteiger partial charge in [0.2, 0.25) is 0 Å². The molecule has 0 aliphatic carbocycles. The Morgan fingerprint density at radius 3 is 2.42 bits per heavy atom. The molecule has 0 bridgehead atoms. The minimum atomic E-state index is -0.193. The number of hydrogen-bond acceptors (Lipinski definition) is 2. The van der Waals surface area contributed by atoms with Crippen molar-refractivity contribution in [3.63, 3.8) is 0 Å². The molecule has 100 valence electrons. The van der Waals surface area contributed by atoms with Crippen molar-refractivity contribution in [3.05, 3.63) is 65.7 Å². The van der Waals surface area contributed by atoms with E-state index in [4.69, 9.17) is 0 Å². The molecule has 2 aromatic rings. The Labute approximate surface area is 113 Å². The van der Waals surface area contributed by atoms with Crippen LogP contribution in [0, 0.1) is 5.82 Å². The van der Waals surface area contributed by atoms with Gasteiger partial charge in [-0.3, -0.25) is 4.98 Å². The van der Waals surface area contributed by atoms with Gasteiger partial charge in [-0.1, -0.05) is 19.1 Å². The average molecular weight is 258 g/mol. The van der Waals surface area contributed by atoms with Gasteiger partial charge in [-0.05, 0) is 54.8 Å². The van der Waals surface area contributed by atoms with Crippen LogP contribution in [0.15, 0.2) is 48.8 Å². The highest BCUT2D eigenvalue weighted by Gasteiger charge is 2.11. The molecule has 0 fully saturated rings. The maximum atomic E-state index is 13.0. The first-order chi connectivity index (χ1) is 9.29. The summed E-state index contributed by atoms with van der Waals surface area (Å²) in [6, 6.07) is 11.0. The standard InChI is InChI=1S/C16H19FN2/c1-2-9-19-16(12-13-7-10-18-11-8-13)14-3-5-15(17)6-4-14/h3-8,10-11,16,19H,2,9,12H2,1H3. The van der Waals surface area contributed by atoms with Crippen molar-refractivity contribution in [1.29, 1.82) is 0 Å². The van der Waals surface area contributed by atoms with Crippen LogP contribution >= 0.6 is 0 Å². The van der Waals surface area contributed by atoms with Crippen LogP contribution in [0.25, 0.3) is 0 Å². The van der Waals surface area contributed by atoms with Crippen LogP contribution in [0.4, 0.5) is 4.39 Å². The molecule has 0 saturated carbocycles. The summed E-state index contributed by atoms with van der Waals surface area (Å²) >= 11 is 0. The Bertz CT molecular complexity index is 482. The average Bonchev–Trinajstić information content (AvgIpc) is 2.45. The van der Waals surface area contributed by atoms with E-state index in [-0.39, 0.29) is 11.9 Å². The Morgan fingerprint density at radius 1 is 1.11 bits per heavy atom. The van der Waals surface area contributed by atoms with Gasteiger partial charge in [0.25, 0.3) is 0 Å². The first-order valence-corrected chi connectivity index (χ1v) is 6.67. The van der Waals surface area contributed by atoms with Gasteiger partial charge in [0.15, 0.2) is 0 Å². The van der Waals surface area contributed by atoms with Gasteiger partial charge in [0.1, 0.15) is 5.82 Å². The minimum Gasteiger partial charge on any atom is -0.310 e. The highest BCUT2D eigenvalue weighted by molar-refractivity contribution is 5.23. The molecule has 0 spiro atoms. The maximum Gasteiger partial charge on any atom is 0.123 e. The van der Waals surface area contributed by atoms with E-state index in [1.165, 1.54) is 17.7 Å². The fourth-order valence-electron chi connectivity index (χ4n) is 2.08. The van der Waals surface area contributed by atoms with E-state index in [9.17, 15) is 4.39 Å². The fourth-order valence-corrected chi connectivity index (χ4v) is 2.08. The van der Waals surface area contributed by atoms with Crippen molar-refractivity contribution >= 4 is 0 Å². The highest BCUT2D eigenvalue weighted by Crippen LogP contribution is 2.18. The number of rotatable bonds is 6. The molecule has 1 aromatic carbocycles. The Kier molecular flexibility index (Phi) is 5.04. The summed E-state index contributed by atoms with van der Waals surface area (Å²) in [5.74, 6) is -0.193. The first kappa shape index (κ1) is 13.7. The number of nitrogens with zero attached hydrogens (tertiary/aromatic N) is 1. The normalized spacial score (nSPS) is 12.3. The zero-order chi connectivity index (χ0) is 13.5. The van der Waals surface area contributed by atoms with Crippen molar-refractivity contribution in [2.75, 3.05) is 6.54 Å². The molecule has 1 aromatic heterocycles. The number of pyridine rings is 1. The van der Waals surface area contributed by atoms with Gasteiger partial charge in [-0.25, -0.2) is 4.39 Å². The zero-order valence-corrected chi connectivity index (χ0v) is 11.1. The van der Waals surface area contributed by atoms with Crippen molar-refractivity contribution in [2.45, 2.75) is 25.8 Å². The molecule has 0 radical (unpaired) electrons. The van der Waals surface area contributed by atoms with Crippen LogP contribution in [0.5, 0.6) is 0 Å². The van der Waals surface area contributed by atoms with Crippen LogP contribution in [-0.4, -0.2) is 11.5 Å².